The summed E-state index contributed by atoms with van der Waals surface area (Å²) in [5, 5.41) is 2.95. The first kappa shape index (κ1) is 18.7. The Balaban J connectivity index is 1.99. The Bertz CT molecular complexity index is 676. The Morgan fingerprint density at radius 2 is 2.12 bits per heavy atom. The van der Waals surface area contributed by atoms with Gasteiger partial charge in [0.25, 0.3) is 5.91 Å². The van der Waals surface area contributed by atoms with Crippen LogP contribution in [0.5, 0.6) is 0 Å². The standard InChI is InChI=1S/C16H26N4O3S/c1-4-20-10-6-9-15(20)12-17-16(21)13-7-5-8-14(11-13)18-24(22,23)19(2)3/h5,7-8,11,15,18H,4,6,9-10,12H2,1-3H3,(H,17,21). The smallest absolute Gasteiger partial charge is 0.301 e. The van der Waals surface area contributed by atoms with E-state index in [1.54, 1.807) is 24.3 Å². The average molecular weight is 354 g/mol. The molecule has 1 heterocycles. The fourth-order valence-electron chi connectivity index (χ4n) is 2.82. The number of hydrogen-bond donors (Lipinski definition) is 2. The highest BCUT2D eigenvalue weighted by Crippen LogP contribution is 2.16. The largest absolute Gasteiger partial charge is 0.350 e. The van der Waals surface area contributed by atoms with E-state index in [1.165, 1.54) is 14.1 Å². The maximum absolute atomic E-state index is 12.3. The minimum absolute atomic E-state index is 0.191. The minimum atomic E-state index is -3.58. The fraction of sp³-hybridized carbons (Fsp3) is 0.562. The number of carbonyl (C=O) groups excluding carboxylic acids is 1. The molecule has 0 aliphatic carbocycles. The Hall–Kier alpha value is -1.64. The molecule has 1 saturated heterocycles. The van der Waals surface area contributed by atoms with Gasteiger partial charge in [-0.15, -0.1) is 0 Å². The molecule has 1 aliphatic heterocycles. The zero-order valence-electron chi connectivity index (χ0n) is 14.4. The topological polar surface area (TPSA) is 81.8 Å². The maximum atomic E-state index is 12.3. The van der Waals surface area contributed by atoms with Crippen LogP contribution in [0.1, 0.15) is 30.1 Å². The van der Waals surface area contributed by atoms with Gasteiger partial charge in [0.05, 0.1) is 5.69 Å². The average Bonchev–Trinajstić information content (AvgIpc) is 2.99. The van der Waals surface area contributed by atoms with Crippen LogP contribution in [-0.2, 0) is 10.2 Å². The third kappa shape index (κ3) is 4.68. The van der Waals surface area contributed by atoms with Crippen LogP contribution >= 0.6 is 0 Å². The molecule has 7 nitrogen and oxygen atoms in total. The molecular weight excluding hydrogens is 328 g/mol. The third-order valence-electron chi connectivity index (χ3n) is 4.26. The van der Waals surface area contributed by atoms with Gasteiger partial charge in [0, 0.05) is 32.2 Å². The second-order valence-electron chi connectivity index (χ2n) is 6.10. The van der Waals surface area contributed by atoms with Crippen LogP contribution in [0, 0.1) is 0 Å². The fourth-order valence-corrected chi connectivity index (χ4v) is 3.43. The highest BCUT2D eigenvalue weighted by Gasteiger charge is 2.23. The van der Waals surface area contributed by atoms with Gasteiger partial charge in [-0.3, -0.25) is 14.4 Å². The Morgan fingerprint density at radius 3 is 2.79 bits per heavy atom. The summed E-state index contributed by atoms with van der Waals surface area (Å²) in [5.41, 5.74) is 0.808. The lowest BCUT2D eigenvalue weighted by atomic mass is 10.1. The monoisotopic (exact) mass is 354 g/mol. The summed E-state index contributed by atoms with van der Waals surface area (Å²) >= 11 is 0. The first-order valence-corrected chi connectivity index (χ1v) is 9.60. The van der Waals surface area contributed by atoms with Gasteiger partial charge in [-0.05, 0) is 44.1 Å². The van der Waals surface area contributed by atoms with Gasteiger partial charge in [0.15, 0.2) is 0 Å². The lowest BCUT2D eigenvalue weighted by molar-refractivity contribution is 0.0941. The molecule has 1 unspecified atom stereocenters. The van der Waals surface area contributed by atoms with E-state index in [0.29, 0.717) is 23.8 Å². The molecule has 1 aliphatic rings. The number of carbonyl (C=O) groups is 1. The van der Waals surface area contributed by atoms with Crippen LogP contribution in [0.3, 0.4) is 0 Å². The lowest BCUT2D eigenvalue weighted by Crippen LogP contribution is -2.40. The van der Waals surface area contributed by atoms with Gasteiger partial charge in [-0.1, -0.05) is 13.0 Å². The zero-order valence-corrected chi connectivity index (χ0v) is 15.3. The molecule has 2 rings (SSSR count). The summed E-state index contributed by atoms with van der Waals surface area (Å²) in [7, 11) is -0.696. The minimum Gasteiger partial charge on any atom is -0.350 e. The van der Waals surface area contributed by atoms with Crippen molar-refractivity contribution in [2.75, 3.05) is 38.5 Å². The molecule has 1 fully saturated rings. The number of anilines is 1. The molecule has 0 bridgehead atoms. The number of likely N-dealkylation sites (N-methyl/N-ethyl adjacent to an activating group) is 1. The maximum Gasteiger partial charge on any atom is 0.301 e. The highest BCUT2D eigenvalue weighted by atomic mass is 32.2. The van der Waals surface area contributed by atoms with Crippen molar-refractivity contribution < 1.29 is 13.2 Å². The number of hydrogen-bond acceptors (Lipinski definition) is 4. The predicted molar refractivity (Wildman–Crippen MR) is 95.3 cm³/mol. The van der Waals surface area contributed by atoms with E-state index in [0.717, 1.165) is 30.2 Å². The summed E-state index contributed by atoms with van der Waals surface area (Å²) in [5.74, 6) is -0.191. The summed E-state index contributed by atoms with van der Waals surface area (Å²) < 4.78 is 27.2. The molecule has 0 saturated carbocycles. The van der Waals surface area contributed by atoms with Crippen LogP contribution in [0.2, 0.25) is 0 Å². The van der Waals surface area contributed by atoms with E-state index >= 15 is 0 Å². The molecule has 1 amide bonds. The molecule has 1 aromatic carbocycles. The van der Waals surface area contributed by atoms with E-state index in [-0.39, 0.29) is 5.91 Å². The van der Waals surface area contributed by atoms with Crippen molar-refractivity contribution in [1.29, 1.82) is 0 Å². The number of nitrogens with one attached hydrogen (secondary N) is 2. The Labute approximate surface area is 144 Å². The lowest BCUT2D eigenvalue weighted by Gasteiger charge is -2.22. The third-order valence-corrected chi connectivity index (χ3v) is 5.71. The number of nitrogens with zero attached hydrogens (tertiary/aromatic N) is 2. The number of benzene rings is 1. The molecule has 0 spiro atoms. The van der Waals surface area contributed by atoms with E-state index in [9.17, 15) is 13.2 Å². The summed E-state index contributed by atoms with van der Waals surface area (Å²) in [6.45, 7) is 4.81. The van der Waals surface area contributed by atoms with Crippen LogP contribution in [0.4, 0.5) is 5.69 Å². The first-order chi connectivity index (χ1) is 11.3. The molecule has 8 heteroatoms. The van der Waals surface area contributed by atoms with Crippen molar-refractivity contribution in [3.05, 3.63) is 29.8 Å². The molecule has 1 atom stereocenters. The van der Waals surface area contributed by atoms with E-state index in [2.05, 4.69) is 21.9 Å². The zero-order chi connectivity index (χ0) is 17.7. The first-order valence-electron chi connectivity index (χ1n) is 8.16. The van der Waals surface area contributed by atoms with E-state index in [4.69, 9.17) is 0 Å². The molecule has 2 N–H and O–H groups in total. The normalized spacial score (nSPS) is 18.8. The number of likely N-dealkylation sites (tertiary alicyclic amines) is 1. The van der Waals surface area contributed by atoms with Gasteiger partial charge in [-0.25, -0.2) is 0 Å². The number of amides is 1. The van der Waals surface area contributed by atoms with Gasteiger partial charge in [0.2, 0.25) is 0 Å². The SMILES string of the molecule is CCN1CCCC1CNC(=O)c1cccc(NS(=O)(=O)N(C)C)c1. The second kappa shape index (κ2) is 7.96. The van der Waals surface area contributed by atoms with Gasteiger partial charge < -0.3 is 5.32 Å². The van der Waals surface area contributed by atoms with Crippen molar-refractivity contribution in [3.8, 4) is 0 Å². The predicted octanol–water partition coefficient (Wildman–Crippen LogP) is 1.12. The van der Waals surface area contributed by atoms with Crippen molar-refractivity contribution in [1.82, 2.24) is 14.5 Å². The van der Waals surface area contributed by atoms with Crippen molar-refractivity contribution in [3.63, 3.8) is 0 Å². The van der Waals surface area contributed by atoms with Crippen molar-refractivity contribution in [2.24, 2.45) is 0 Å². The molecule has 134 valence electrons. The van der Waals surface area contributed by atoms with Crippen molar-refractivity contribution in [2.45, 2.75) is 25.8 Å². The van der Waals surface area contributed by atoms with Gasteiger partial charge in [-0.2, -0.15) is 12.7 Å². The van der Waals surface area contributed by atoms with Crippen LogP contribution < -0.4 is 10.0 Å². The molecule has 24 heavy (non-hydrogen) atoms. The molecule has 0 aromatic heterocycles. The Morgan fingerprint density at radius 1 is 1.38 bits per heavy atom. The van der Waals surface area contributed by atoms with Crippen molar-refractivity contribution >= 4 is 21.8 Å². The molecule has 1 aromatic rings. The Kier molecular flexibility index (Phi) is 6.20. The van der Waals surface area contributed by atoms with Crippen LogP contribution in [0.25, 0.3) is 0 Å². The highest BCUT2D eigenvalue weighted by molar-refractivity contribution is 7.90. The quantitative estimate of drug-likeness (QED) is 0.769. The van der Waals surface area contributed by atoms with Crippen LogP contribution in [-0.4, -0.2) is 63.3 Å². The summed E-state index contributed by atoms with van der Waals surface area (Å²) in [6.07, 6.45) is 2.26. The molecule has 0 radical (unpaired) electrons. The number of rotatable bonds is 7. The summed E-state index contributed by atoms with van der Waals surface area (Å²) in [4.78, 5) is 14.7. The van der Waals surface area contributed by atoms with Gasteiger partial charge >= 0.3 is 10.2 Å². The van der Waals surface area contributed by atoms with E-state index in [1.807, 2.05) is 0 Å². The van der Waals surface area contributed by atoms with Gasteiger partial charge in [0.1, 0.15) is 0 Å². The van der Waals surface area contributed by atoms with Crippen LogP contribution in [0.15, 0.2) is 24.3 Å². The summed E-state index contributed by atoms with van der Waals surface area (Å²) in [6, 6.07) is 6.89. The molecular formula is C16H26N4O3S. The van der Waals surface area contributed by atoms with E-state index < -0.39 is 10.2 Å². The second-order valence-corrected chi connectivity index (χ2v) is 7.99.